The van der Waals surface area contributed by atoms with E-state index >= 15 is 0 Å². The van der Waals surface area contributed by atoms with Crippen LogP contribution >= 0.6 is 0 Å². The number of nitrogens with one attached hydrogen (secondary N) is 2. The zero-order chi connectivity index (χ0) is 17.2. The van der Waals surface area contributed by atoms with Gasteiger partial charge < -0.3 is 10.4 Å². The highest BCUT2D eigenvalue weighted by molar-refractivity contribution is 5.91. The number of carbonyl (C=O) groups excluding carboxylic acids is 1. The fourth-order valence-electron chi connectivity index (χ4n) is 2.85. The van der Waals surface area contributed by atoms with E-state index in [1.807, 2.05) is 42.5 Å². The van der Waals surface area contributed by atoms with Gasteiger partial charge in [-0.25, -0.2) is 0 Å². The van der Waals surface area contributed by atoms with Gasteiger partial charge in [0.05, 0.1) is 6.42 Å². The highest BCUT2D eigenvalue weighted by Crippen LogP contribution is 2.39. The third kappa shape index (κ3) is 3.71. The Morgan fingerprint density at radius 1 is 1.08 bits per heavy atom. The number of carbonyl (C=O) groups is 1. The molecule has 2 aromatic carbocycles. The Kier molecular flexibility index (Phi) is 3.98. The molecule has 1 aromatic heterocycles. The Morgan fingerprint density at radius 2 is 1.72 bits per heavy atom. The first-order chi connectivity index (χ1) is 12.2. The second-order valence-corrected chi connectivity index (χ2v) is 6.45. The van der Waals surface area contributed by atoms with Crippen LogP contribution in [0.2, 0.25) is 0 Å². The molecule has 0 bridgehead atoms. The topological polar surface area (TPSA) is 78.0 Å². The Bertz CT molecular complexity index is 878. The smallest absolute Gasteiger partial charge is 0.229 e. The highest BCUT2D eigenvalue weighted by atomic mass is 16.3. The molecular formula is C20H19N3O2. The third-order valence-electron chi connectivity index (χ3n) is 4.40. The SMILES string of the molecule is O=C(Cc1ccc(-c2ccc(O)cc2)cc1)Nc1cc(C2CC2)[nH]n1. The highest BCUT2D eigenvalue weighted by Gasteiger charge is 2.25. The molecule has 1 saturated carbocycles. The van der Waals surface area contributed by atoms with Gasteiger partial charge in [0.25, 0.3) is 0 Å². The summed E-state index contributed by atoms with van der Waals surface area (Å²) in [6.45, 7) is 0. The van der Waals surface area contributed by atoms with Crippen LogP contribution in [0.15, 0.2) is 54.6 Å². The number of benzene rings is 2. The predicted molar refractivity (Wildman–Crippen MR) is 96.4 cm³/mol. The number of aromatic hydroxyl groups is 1. The molecule has 1 aliphatic rings. The minimum atomic E-state index is -0.0776. The molecule has 5 heteroatoms. The average molecular weight is 333 g/mol. The van der Waals surface area contributed by atoms with E-state index in [4.69, 9.17) is 0 Å². The van der Waals surface area contributed by atoms with Crippen molar-refractivity contribution < 1.29 is 9.90 Å². The monoisotopic (exact) mass is 333 g/mol. The van der Waals surface area contributed by atoms with Gasteiger partial charge in [-0.3, -0.25) is 9.89 Å². The van der Waals surface area contributed by atoms with E-state index in [9.17, 15) is 9.90 Å². The van der Waals surface area contributed by atoms with Gasteiger partial charge in [-0.15, -0.1) is 0 Å². The Labute approximate surface area is 145 Å². The quantitative estimate of drug-likeness (QED) is 0.664. The minimum absolute atomic E-state index is 0.0776. The van der Waals surface area contributed by atoms with Gasteiger partial charge in [-0.05, 0) is 41.7 Å². The Morgan fingerprint density at radius 3 is 2.36 bits per heavy atom. The number of anilines is 1. The van der Waals surface area contributed by atoms with E-state index < -0.39 is 0 Å². The maximum absolute atomic E-state index is 12.2. The molecule has 0 atom stereocenters. The molecule has 25 heavy (non-hydrogen) atoms. The number of H-pyrrole nitrogens is 1. The van der Waals surface area contributed by atoms with Crippen LogP contribution in [0.25, 0.3) is 11.1 Å². The van der Waals surface area contributed by atoms with Crippen molar-refractivity contribution in [2.75, 3.05) is 5.32 Å². The number of amides is 1. The zero-order valence-electron chi connectivity index (χ0n) is 13.7. The summed E-state index contributed by atoms with van der Waals surface area (Å²) in [4.78, 5) is 12.2. The first-order valence-corrected chi connectivity index (χ1v) is 8.41. The summed E-state index contributed by atoms with van der Waals surface area (Å²) in [6.07, 6.45) is 2.70. The minimum Gasteiger partial charge on any atom is -0.508 e. The number of aromatic amines is 1. The summed E-state index contributed by atoms with van der Waals surface area (Å²) in [5.74, 6) is 1.35. The Hall–Kier alpha value is -3.08. The van der Waals surface area contributed by atoms with E-state index in [0.717, 1.165) is 22.4 Å². The fraction of sp³-hybridized carbons (Fsp3) is 0.200. The first kappa shape index (κ1) is 15.4. The normalized spacial score (nSPS) is 13.6. The van der Waals surface area contributed by atoms with E-state index in [1.165, 1.54) is 12.8 Å². The second kappa shape index (κ2) is 6.43. The van der Waals surface area contributed by atoms with Crippen LogP contribution in [0.5, 0.6) is 5.75 Å². The summed E-state index contributed by atoms with van der Waals surface area (Å²) < 4.78 is 0. The molecule has 0 radical (unpaired) electrons. The first-order valence-electron chi connectivity index (χ1n) is 8.41. The van der Waals surface area contributed by atoms with Gasteiger partial charge in [-0.2, -0.15) is 5.10 Å². The van der Waals surface area contributed by atoms with Gasteiger partial charge >= 0.3 is 0 Å². The van der Waals surface area contributed by atoms with E-state index in [0.29, 0.717) is 18.2 Å². The number of hydrogen-bond donors (Lipinski definition) is 3. The summed E-state index contributed by atoms with van der Waals surface area (Å²) in [5, 5.41) is 19.3. The third-order valence-corrected chi connectivity index (χ3v) is 4.40. The van der Waals surface area contributed by atoms with Crippen LogP contribution in [0.3, 0.4) is 0 Å². The van der Waals surface area contributed by atoms with Crippen molar-refractivity contribution in [3.63, 3.8) is 0 Å². The average Bonchev–Trinajstić information content (AvgIpc) is 3.36. The van der Waals surface area contributed by atoms with Crippen molar-refractivity contribution >= 4 is 11.7 Å². The predicted octanol–water partition coefficient (Wildman–Crippen LogP) is 3.84. The summed E-state index contributed by atoms with van der Waals surface area (Å²) >= 11 is 0. The number of phenolic OH excluding ortho intramolecular Hbond substituents is 1. The number of aromatic nitrogens is 2. The summed E-state index contributed by atoms with van der Waals surface area (Å²) in [5.41, 5.74) is 4.12. The maximum Gasteiger partial charge on any atom is 0.229 e. The van der Waals surface area contributed by atoms with Gasteiger partial charge in [0.15, 0.2) is 5.82 Å². The van der Waals surface area contributed by atoms with Crippen LogP contribution < -0.4 is 5.32 Å². The van der Waals surface area contributed by atoms with Gasteiger partial charge in [0, 0.05) is 17.7 Å². The lowest BCUT2D eigenvalue weighted by atomic mass is 10.0. The van der Waals surface area contributed by atoms with Gasteiger partial charge in [0.1, 0.15) is 5.75 Å². The molecule has 3 aromatic rings. The molecule has 1 amide bonds. The van der Waals surface area contributed by atoms with E-state index in [2.05, 4.69) is 15.5 Å². The van der Waals surface area contributed by atoms with Crippen molar-refractivity contribution in [2.24, 2.45) is 0 Å². The van der Waals surface area contributed by atoms with Crippen LogP contribution in [0, 0.1) is 0 Å². The van der Waals surface area contributed by atoms with Gasteiger partial charge in [0.2, 0.25) is 5.91 Å². The van der Waals surface area contributed by atoms with Crippen LogP contribution in [-0.2, 0) is 11.2 Å². The second-order valence-electron chi connectivity index (χ2n) is 6.45. The lowest BCUT2D eigenvalue weighted by Crippen LogP contribution is -2.14. The summed E-state index contributed by atoms with van der Waals surface area (Å²) in [6, 6.07) is 16.8. The Balaban J connectivity index is 1.38. The van der Waals surface area contributed by atoms with E-state index in [1.54, 1.807) is 12.1 Å². The lowest BCUT2D eigenvalue weighted by molar-refractivity contribution is -0.115. The molecule has 126 valence electrons. The number of rotatable bonds is 5. The molecule has 3 N–H and O–H groups in total. The molecule has 0 saturated heterocycles. The van der Waals surface area contributed by atoms with E-state index in [-0.39, 0.29) is 11.7 Å². The number of nitrogens with zero attached hydrogens (tertiary/aromatic N) is 1. The summed E-state index contributed by atoms with van der Waals surface area (Å²) in [7, 11) is 0. The molecule has 5 nitrogen and oxygen atoms in total. The van der Waals surface area contributed by atoms with Crippen LogP contribution in [0.4, 0.5) is 5.82 Å². The number of hydrogen-bond acceptors (Lipinski definition) is 3. The largest absolute Gasteiger partial charge is 0.508 e. The van der Waals surface area contributed by atoms with Crippen molar-refractivity contribution in [3.8, 4) is 16.9 Å². The van der Waals surface area contributed by atoms with Crippen LogP contribution in [-0.4, -0.2) is 21.2 Å². The molecule has 0 spiro atoms. The molecule has 0 aliphatic heterocycles. The standard InChI is InChI=1S/C20H19N3O2/c24-17-9-7-15(8-10-17)14-3-1-13(2-4-14)11-20(25)21-19-12-18(22-23-19)16-5-6-16/h1-4,7-10,12,16,24H,5-6,11H2,(H2,21,22,23,25). The van der Waals surface area contributed by atoms with Crippen molar-refractivity contribution in [2.45, 2.75) is 25.2 Å². The fourth-order valence-corrected chi connectivity index (χ4v) is 2.85. The molecule has 4 rings (SSSR count). The molecule has 1 fully saturated rings. The van der Waals surface area contributed by atoms with Crippen LogP contribution in [0.1, 0.15) is 30.0 Å². The molecule has 1 aliphatic carbocycles. The van der Waals surface area contributed by atoms with Crippen molar-refractivity contribution in [1.29, 1.82) is 0 Å². The lowest BCUT2D eigenvalue weighted by Gasteiger charge is -2.05. The van der Waals surface area contributed by atoms with Crippen molar-refractivity contribution in [1.82, 2.24) is 10.2 Å². The number of phenols is 1. The van der Waals surface area contributed by atoms with Gasteiger partial charge in [-0.1, -0.05) is 36.4 Å². The molecular weight excluding hydrogens is 314 g/mol. The maximum atomic E-state index is 12.2. The zero-order valence-corrected chi connectivity index (χ0v) is 13.7. The molecule has 1 heterocycles. The molecule has 0 unspecified atom stereocenters. The van der Waals surface area contributed by atoms with Crippen molar-refractivity contribution in [3.05, 3.63) is 65.9 Å².